The molecule has 394 valence electrons. The van der Waals surface area contributed by atoms with Crippen molar-refractivity contribution >= 4 is 92.3 Å². The van der Waals surface area contributed by atoms with E-state index in [1.807, 2.05) is 47.5 Å². The number of halogens is 4. The Bertz CT molecular complexity index is 3510. The van der Waals surface area contributed by atoms with E-state index in [0.29, 0.717) is 53.1 Å². The number of carboxylic acid groups (broad SMARTS) is 2. The summed E-state index contributed by atoms with van der Waals surface area (Å²) in [5, 5.41) is 40.3. The Labute approximate surface area is 459 Å². The number of carbonyl (C=O) groups excluding carboxylic acids is 2. The topological polar surface area (TPSA) is 195 Å². The fraction of sp³-hybridized carbons (Fsp3) is 0.298. The first-order valence-electron chi connectivity index (χ1n) is 24.8. The molecule has 15 nitrogen and oxygen atoms in total. The summed E-state index contributed by atoms with van der Waals surface area (Å²) >= 11 is 23.4. The van der Waals surface area contributed by atoms with Crippen molar-refractivity contribution in [2.75, 3.05) is 20.2 Å². The van der Waals surface area contributed by atoms with Crippen molar-refractivity contribution in [3.8, 4) is 0 Å². The van der Waals surface area contributed by atoms with Crippen molar-refractivity contribution in [2.24, 2.45) is 0 Å². The minimum absolute atomic E-state index is 0.0594. The summed E-state index contributed by atoms with van der Waals surface area (Å²) in [7, 11) is 1.44. The van der Waals surface area contributed by atoms with Crippen molar-refractivity contribution < 1.29 is 34.1 Å². The van der Waals surface area contributed by atoms with Gasteiger partial charge in [0.15, 0.2) is 0 Å². The number of esters is 1. The molecule has 2 aliphatic heterocycles. The van der Waals surface area contributed by atoms with Crippen molar-refractivity contribution in [1.82, 2.24) is 40.2 Å². The third-order valence-corrected chi connectivity index (χ3v) is 15.2. The van der Waals surface area contributed by atoms with E-state index in [4.69, 9.17) is 56.2 Å². The van der Waals surface area contributed by atoms with Gasteiger partial charge < -0.3 is 25.2 Å². The lowest BCUT2D eigenvalue weighted by atomic mass is 9.83. The Morgan fingerprint density at radius 2 is 1.17 bits per heavy atom. The maximum absolute atomic E-state index is 13.2. The number of carbonyl (C=O) groups is 4. The average Bonchev–Trinajstić information content (AvgIpc) is 4.08. The monoisotopic (exact) mass is 1100 g/mol. The van der Waals surface area contributed by atoms with Crippen LogP contribution in [0, 0.1) is 13.8 Å². The summed E-state index contributed by atoms with van der Waals surface area (Å²) in [6.07, 6.45) is 2.00. The fourth-order valence-corrected chi connectivity index (χ4v) is 11.0. The van der Waals surface area contributed by atoms with Gasteiger partial charge in [-0.15, -0.1) is 10.2 Å². The number of nitrogens with one attached hydrogen (secondary N) is 1. The van der Waals surface area contributed by atoms with Gasteiger partial charge in [0, 0.05) is 54.6 Å². The number of hydrogen-bond acceptors (Lipinski definition) is 10. The van der Waals surface area contributed by atoms with Gasteiger partial charge in [0.1, 0.15) is 11.0 Å². The fourth-order valence-electron chi connectivity index (χ4n) is 10.0. The number of benzene rings is 6. The van der Waals surface area contributed by atoms with E-state index in [2.05, 4.69) is 76.2 Å². The summed E-state index contributed by atoms with van der Waals surface area (Å²) < 4.78 is 8.73. The zero-order chi connectivity index (χ0) is 54.4. The minimum atomic E-state index is -1.05. The highest BCUT2D eigenvalue weighted by Crippen LogP contribution is 2.37. The van der Waals surface area contributed by atoms with Gasteiger partial charge in [0.2, 0.25) is 0 Å². The first kappa shape index (κ1) is 55.4. The molecular formula is C57H56Cl4N8O7. The molecule has 2 atom stereocenters. The van der Waals surface area contributed by atoms with Crippen molar-refractivity contribution in [1.29, 1.82) is 0 Å². The molecule has 6 aromatic carbocycles. The van der Waals surface area contributed by atoms with E-state index >= 15 is 0 Å². The number of aromatic nitrogens is 6. The van der Waals surface area contributed by atoms with Gasteiger partial charge in [-0.2, -0.15) is 0 Å². The van der Waals surface area contributed by atoms with Gasteiger partial charge in [-0.3, -0.25) is 14.4 Å². The number of rotatable bonds is 12. The van der Waals surface area contributed by atoms with E-state index < -0.39 is 11.9 Å². The second-order valence-electron chi connectivity index (χ2n) is 18.6. The van der Waals surface area contributed by atoms with E-state index in [9.17, 15) is 24.3 Å². The van der Waals surface area contributed by atoms with Crippen LogP contribution in [0.25, 0.3) is 22.1 Å². The molecule has 1 amide bonds. The van der Waals surface area contributed by atoms with Gasteiger partial charge in [-0.1, -0.05) is 105 Å². The third kappa shape index (κ3) is 12.2. The molecule has 0 bridgehead atoms. The quantitative estimate of drug-likeness (QED) is 0.0981. The summed E-state index contributed by atoms with van der Waals surface area (Å²) in [6, 6.07) is 29.9. The first-order valence-corrected chi connectivity index (χ1v) is 26.3. The molecule has 0 saturated carbocycles. The molecule has 10 rings (SSSR count). The van der Waals surface area contributed by atoms with Gasteiger partial charge in [-0.05, 0) is 151 Å². The van der Waals surface area contributed by atoms with E-state index in [1.54, 1.807) is 23.1 Å². The molecular weight excluding hydrogens is 1050 g/mol. The van der Waals surface area contributed by atoms with Crippen LogP contribution in [0.15, 0.2) is 97.1 Å². The predicted octanol–water partition coefficient (Wildman–Crippen LogP) is 11.7. The summed E-state index contributed by atoms with van der Waals surface area (Å²) in [5.41, 5.74) is 15.0. The first-order chi connectivity index (χ1) is 36.5. The molecule has 76 heavy (non-hydrogen) atoms. The lowest BCUT2D eigenvalue weighted by Crippen LogP contribution is -2.36. The van der Waals surface area contributed by atoms with E-state index in [-0.39, 0.29) is 40.7 Å². The highest BCUT2D eigenvalue weighted by atomic mass is 35.5. The molecule has 3 N–H and O–H groups in total. The Hall–Kier alpha value is -6.88. The molecule has 0 fully saturated rings. The van der Waals surface area contributed by atoms with Gasteiger partial charge in [-0.25, -0.2) is 14.2 Å². The number of carboxylic acids is 2. The molecule has 2 unspecified atom stereocenters. The number of aryl methyl sites for hydroxylation is 4. The van der Waals surface area contributed by atoms with Crippen LogP contribution in [-0.2, 0) is 53.3 Å². The van der Waals surface area contributed by atoms with Crippen molar-refractivity contribution in [3.05, 3.63) is 184 Å². The molecule has 19 heteroatoms. The van der Waals surface area contributed by atoms with Crippen LogP contribution < -0.4 is 5.32 Å². The summed E-state index contributed by atoms with van der Waals surface area (Å²) in [6.45, 7) is 12.5. The number of aromatic carboxylic acids is 1. The SMILES string of the molecule is CCn1nnc2c(C)c(C(CC(=O)O)c3ccc4c(c3)CN(C(=O)c3ccc(Cl)cc3Cl)CC4)ccc21.CCn1nnc2c(C)c(C(CC(=O)OC)c3ccc4c(c3)CNCC4)ccc21.O=C(O)c1ccc(Cl)cc1Cl. The van der Waals surface area contributed by atoms with Crippen LogP contribution in [0.5, 0.6) is 0 Å². The molecule has 0 radical (unpaired) electrons. The number of methoxy groups -OCH3 is 1. The van der Waals surface area contributed by atoms with Gasteiger partial charge >= 0.3 is 17.9 Å². The Morgan fingerprint density at radius 1 is 0.645 bits per heavy atom. The van der Waals surface area contributed by atoms with Crippen molar-refractivity contribution in [3.63, 3.8) is 0 Å². The lowest BCUT2D eigenvalue weighted by Gasteiger charge is -2.30. The van der Waals surface area contributed by atoms with Crippen LogP contribution in [0.4, 0.5) is 0 Å². The summed E-state index contributed by atoms with van der Waals surface area (Å²) in [5.74, 6) is -2.73. The van der Waals surface area contributed by atoms with Crippen LogP contribution >= 0.6 is 46.4 Å². The second kappa shape index (κ2) is 24.4. The highest BCUT2D eigenvalue weighted by Gasteiger charge is 2.28. The zero-order valence-corrected chi connectivity index (χ0v) is 45.6. The number of nitrogens with zero attached hydrogens (tertiary/aromatic N) is 7. The van der Waals surface area contributed by atoms with E-state index in [0.717, 1.165) is 92.6 Å². The van der Waals surface area contributed by atoms with Crippen LogP contribution in [0.2, 0.25) is 20.1 Å². The normalized spacial score (nSPS) is 13.6. The average molecular weight is 1110 g/mol. The largest absolute Gasteiger partial charge is 0.481 e. The minimum Gasteiger partial charge on any atom is -0.481 e. The standard InChI is InChI=1S/C28H26Cl2N4O3.C22H26N4O2.C7H4Cl2O2/c1-3-34-25-9-8-21(16(2)27(25)31-32-34)23(14-26(35)36)18-5-4-17-10-11-33(15-19(17)12-18)28(37)22-7-6-20(29)13-24(22)30;1-4-26-20-8-7-18(14(2)22(20)24-25-26)19(12-21(27)28-3)16-6-5-15-9-10-23-13-17(15)11-16;8-4-1-2-5(7(10)11)6(9)3-4/h4-9,12-13,23H,3,10-11,14-15H2,1-2H3,(H,35,36);5-8,11,19,23H,4,9-10,12-13H2,1-3H3;1-3H,(H,10,11). The van der Waals surface area contributed by atoms with Crippen LogP contribution in [0.3, 0.4) is 0 Å². The third-order valence-electron chi connectivity index (χ3n) is 14.1. The van der Waals surface area contributed by atoms with Crippen molar-refractivity contribution in [2.45, 2.75) is 91.4 Å². The predicted molar refractivity (Wildman–Crippen MR) is 295 cm³/mol. The molecule has 0 spiro atoms. The van der Waals surface area contributed by atoms with E-state index in [1.165, 1.54) is 36.4 Å². The Kier molecular flexibility index (Phi) is 17.8. The molecule has 0 aliphatic carbocycles. The number of amides is 1. The molecule has 2 aromatic heterocycles. The zero-order valence-electron chi connectivity index (χ0n) is 42.5. The lowest BCUT2D eigenvalue weighted by molar-refractivity contribution is -0.141. The van der Waals surface area contributed by atoms with Gasteiger partial charge in [0.05, 0.1) is 52.2 Å². The highest BCUT2D eigenvalue weighted by molar-refractivity contribution is 6.37. The number of ether oxygens (including phenoxy) is 1. The smallest absolute Gasteiger partial charge is 0.337 e. The number of hydrogen-bond donors (Lipinski definition) is 3. The molecule has 2 aliphatic rings. The van der Waals surface area contributed by atoms with Crippen LogP contribution in [0.1, 0.15) is 115 Å². The second-order valence-corrected chi connectivity index (χ2v) is 20.3. The maximum Gasteiger partial charge on any atom is 0.337 e. The number of aliphatic carboxylic acids is 1. The Balaban J connectivity index is 0.000000172. The van der Waals surface area contributed by atoms with Gasteiger partial charge in [0.25, 0.3) is 5.91 Å². The molecule has 4 heterocycles. The number of fused-ring (bicyclic) bond motifs is 4. The maximum atomic E-state index is 13.2. The summed E-state index contributed by atoms with van der Waals surface area (Å²) in [4.78, 5) is 49.5. The van der Waals surface area contributed by atoms with Crippen LogP contribution in [-0.4, -0.2) is 89.1 Å². The molecule has 0 saturated heterocycles. The Morgan fingerprint density at radius 3 is 1.68 bits per heavy atom. The molecule has 8 aromatic rings.